The van der Waals surface area contributed by atoms with Gasteiger partial charge in [-0.25, -0.2) is 13.8 Å². The predicted molar refractivity (Wildman–Crippen MR) is 46.3 cm³/mol. The molecule has 0 saturated carbocycles. The molecule has 0 spiro atoms. The summed E-state index contributed by atoms with van der Waals surface area (Å²) in [6.07, 6.45) is -1.86. The SMILES string of the molecule is Nc1cnc(F)c(C(F)F)c1I. The molecular weight excluding hydrogens is 284 g/mol. The number of alkyl halides is 2. The third-order valence-electron chi connectivity index (χ3n) is 1.25. The Morgan fingerprint density at radius 3 is 2.50 bits per heavy atom. The topological polar surface area (TPSA) is 38.9 Å². The van der Waals surface area contributed by atoms with Gasteiger partial charge >= 0.3 is 0 Å². The van der Waals surface area contributed by atoms with Crippen LogP contribution in [0.4, 0.5) is 18.9 Å². The minimum absolute atomic E-state index is 0.0232. The summed E-state index contributed by atoms with van der Waals surface area (Å²) >= 11 is 1.56. The quantitative estimate of drug-likeness (QED) is 0.636. The predicted octanol–water partition coefficient (Wildman–Crippen LogP) is 2.35. The molecule has 0 fully saturated rings. The van der Waals surface area contributed by atoms with E-state index in [0.29, 0.717) is 0 Å². The Labute approximate surface area is 80.1 Å². The van der Waals surface area contributed by atoms with Crippen LogP contribution in [0.5, 0.6) is 0 Å². The van der Waals surface area contributed by atoms with Crippen LogP contribution in [0.15, 0.2) is 6.20 Å². The van der Waals surface area contributed by atoms with Gasteiger partial charge in [-0.2, -0.15) is 4.39 Å². The number of aromatic nitrogens is 1. The maximum Gasteiger partial charge on any atom is 0.269 e. The summed E-state index contributed by atoms with van der Waals surface area (Å²) in [6, 6.07) is 0. The molecule has 0 amide bonds. The number of halogens is 4. The average molecular weight is 288 g/mol. The average Bonchev–Trinajstić information content (AvgIpc) is 1.97. The van der Waals surface area contributed by atoms with Crippen molar-refractivity contribution >= 4 is 28.3 Å². The lowest BCUT2D eigenvalue weighted by Crippen LogP contribution is -2.02. The van der Waals surface area contributed by atoms with Gasteiger partial charge in [0, 0.05) is 0 Å². The number of nitrogens with zero attached hydrogens (tertiary/aromatic N) is 1. The summed E-state index contributed by atoms with van der Waals surface area (Å²) in [6.45, 7) is 0. The van der Waals surface area contributed by atoms with E-state index in [4.69, 9.17) is 5.73 Å². The Morgan fingerprint density at radius 2 is 2.08 bits per heavy atom. The van der Waals surface area contributed by atoms with Gasteiger partial charge < -0.3 is 5.73 Å². The van der Waals surface area contributed by atoms with E-state index in [0.717, 1.165) is 6.20 Å². The fourth-order valence-corrected chi connectivity index (χ4v) is 1.28. The van der Waals surface area contributed by atoms with Gasteiger partial charge in [-0.15, -0.1) is 0 Å². The van der Waals surface area contributed by atoms with Crippen molar-refractivity contribution < 1.29 is 13.2 Å². The second kappa shape index (κ2) is 3.46. The molecule has 0 bridgehead atoms. The summed E-state index contributed by atoms with van der Waals surface area (Å²) in [7, 11) is 0. The van der Waals surface area contributed by atoms with Crippen molar-refractivity contribution in [3.05, 3.63) is 21.3 Å². The molecule has 12 heavy (non-hydrogen) atoms. The van der Waals surface area contributed by atoms with Gasteiger partial charge in [0.05, 0.1) is 21.0 Å². The van der Waals surface area contributed by atoms with E-state index < -0.39 is 17.9 Å². The molecule has 66 valence electrons. The molecule has 0 atom stereocenters. The first-order chi connectivity index (χ1) is 5.54. The molecule has 0 saturated heterocycles. The van der Waals surface area contributed by atoms with E-state index in [1.54, 1.807) is 22.6 Å². The van der Waals surface area contributed by atoms with E-state index in [1.165, 1.54) is 0 Å². The smallest absolute Gasteiger partial charge is 0.269 e. The Bertz CT molecular complexity index is 303. The first-order valence-corrected chi connectivity index (χ1v) is 3.99. The highest BCUT2D eigenvalue weighted by Crippen LogP contribution is 2.29. The summed E-state index contributed by atoms with van der Waals surface area (Å²) in [5, 5.41) is 0. The van der Waals surface area contributed by atoms with Gasteiger partial charge in [0.2, 0.25) is 5.95 Å². The molecule has 0 aliphatic rings. The molecule has 2 nitrogen and oxygen atoms in total. The van der Waals surface area contributed by atoms with Gasteiger partial charge in [-0.3, -0.25) is 0 Å². The van der Waals surface area contributed by atoms with E-state index >= 15 is 0 Å². The largest absolute Gasteiger partial charge is 0.397 e. The molecule has 0 unspecified atom stereocenters. The van der Waals surface area contributed by atoms with Crippen LogP contribution in [-0.2, 0) is 0 Å². The van der Waals surface area contributed by atoms with Gasteiger partial charge in [-0.1, -0.05) is 0 Å². The second-order valence-electron chi connectivity index (χ2n) is 2.03. The van der Waals surface area contributed by atoms with Crippen LogP contribution in [0.3, 0.4) is 0 Å². The Hall–Kier alpha value is -0.530. The number of pyridine rings is 1. The fourth-order valence-electron chi connectivity index (χ4n) is 0.684. The Morgan fingerprint density at radius 1 is 1.50 bits per heavy atom. The molecule has 0 aromatic carbocycles. The molecule has 0 aliphatic heterocycles. The highest BCUT2D eigenvalue weighted by molar-refractivity contribution is 14.1. The lowest BCUT2D eigenvalue weighted by atomic mass is 10.3. The van der Waals surface area contributed by atoms with Gasteiger partial charge in [0.25, 0.3) is 6.43 Å². The molecule has 1 aromatic rings. The van der Waals surface area contributed by atoms with E-state index in [1.807, 2.05) is 0 Å². The number of hydrogen-bond acceptors (Lipinski definition) is 2. The minimum Gasteiger partial charge on any atom is -0.397 e. The van der Waals surface area contributed by atoms with Crippen LogP contribution >= 0.6 is 22.6 Å². The highest BCUT2D eigenvalue weighted by Gasteiger charge is 2.19. The zero-order chi connectivity index (χ0) is 9.30. The molecule has 1 rings (SSSR count). The van der Waals surface area contributed by atoms with Crippen LogP contribution in [0.2, 0.25) is 0 Å². The summed E-state index contributed by atoms with van der Waals surface area (Å²) < 4.78 is 36.9. The monoisotopic (exact) mass is 288 g/mol. The number of hydrogen-bond donors (Lipinski definition) is 1. The standard InChI is InChI=1S/C6H4F3IN2/c7-5(8)3-4(10)2(11)1-12-6(3)9/h1,5H,11H2. The molecular formula is C6H4F3IN2. The highest BCUT2D eigenvalue weighted by atomic mass is 127. The van der Waals surface area contributed by atoms with Crippen molar-refractivity contribution in [1.29, 1.82) is 0 Å². The van der Waals surface area contributed by atoms with Crippen molar-refractivity contribution in [2.24, 2.45) is 0 Å². The van der Waals surface area contributed by atoms with Gasteiger partial charge in [0.15, 0.2) is 0 Å². The van der Waals surface area contributed by atoms with Crippen LogP contribution in [0.1, 0.15) is 12.0 Å². The zero-order valence-electron chi connectivity index (χ0n) is 5.69. The summed E-state index contributed by atoms with van der Waals surface area (Å²) in [4.78, 5) is 3.08. The molecule has 0 aliphatic carbocycles. The maximum atomic E-state index is 12.6. The van der Waals surface area contributed by atoms with Gasteiger partial charge in [0.1, 0.15) is 0 Å². The number of nitrogen functional groups attached to an aromatic ring is 1. The Kier molecular flexibility index (Phi) is 2.76. The van der Waals surface area contributed by atoms with E-state index in [2.05, 4.69) is 4.98 Å². The third-order valence-corrected chi connectivity index (χ3v) is 2.45. The van der Waals surface area contributed by atoms with Crippen LogP contribution in [-0.4, -0.2) is 4.98 Å². The molecule has 2 N–H and O–H groups in total. The summed E-state index contributed by atoms with van der Waals surface area (Å²) in [5.74, 6) is -1.16. The van der Waals surface area contributed by atoms with E-state index in [9.17, 15) is 13.2 Å². The normalized spacial score (nSPS) is 10.8. The van der Waals surface area contributed by atoms with Crippen molar-refractivity contribution in [2.45, 2.75) is 6.43 Å². The second-order valence-corrected chi connectivity index (χ2v) is 3.11. The summed E-state index contributed by atoms with van der Waals surface area (Å²) in [5.41, 5.74) is 4.59. The Balaban J connectivity index is 3.33. The maximum absolute atomic E-state index is 12.6. The molecule has 6 heteroatoms. The van der Waals surface area contributed by atoms with Crippen molar-refractivity contribution in [1.82, 2.24) is 4.98 Å². The first-order valence-electron chi connectivity index (χ1n) is 2.91. The van der Waals surface area contributed by atoms with Gasteiger partial charge in [-0.05, 0) is 22.6 Å². The van der Waals surface area contributed by atoms with E-state index in [-0.39, 0.29) is 9.26 Å². The van der Waals surface area contributed by atoms with Crippen LogP contribution in [0.25, 0.3) is 0 Å². The lowest BCUT2D eigenvalue weighted by Gasteiger charge is -2.05. The first kappa shape index (κ1) is 9.56. The third kappa shape index (κ3) is 1.62. The van der Waals surface area contributed by atoms with Crippen molar-refractivity contribution in [3.63, 3.8) is 0 Å². The number of anilines is 1. The minimum atomic E-state index is -2.88. The molecule has 1 heterocycles. The van der Waals surface area contributed by atoms with Crippen LogP contribution < -0.4 is 5.73 Å². The fraction of sp³-hybridized carbons (Fsp3) is 0.167. The molecule has 0 radical (unpaired) electrons. The van der Waals surface area contributed by atoms with Crippen LogP contribution in [0, 0.1) is 9.52 Å². The molecule has 1 aromatic heterocycles. The van der Waals surface area contributed by atoms with Crippen molar-refractivity contribution in [3.8, 4) is 0 Å². The number of nitrogens with two attached hydrogens (primary N) is 1. The lowest BCUT2D eigenvalue weighted by molar-refractivity contribution is 0.144. The zero-order valence-corrected chi connectivity index (χ0v) is 7.85. The van der Waals surface area contributed by atoms with Crippen molar-refractivity contribution in [2.75, 3.05) is 5.73 Å². The number of rotatable bonds is 1.